The predicted octanol–water partition coefficient (Wildman–Crippen LogP) is 5.25. The van der Waals surface area contributed by atoms with Crippen molar-refractivity contribution in [1.29, 1.82) is 0 Å². The smallest absolute Gasteiger partial charge is 0.378 e. The number of anilines is 1. The maximum Gasteiger partial charge on any atom is 0.416 e. The molecule has 2 aromatic rings. The largest absolute Gasteiger partial charge is 0.416 e. The van der Waals surface area contributed by atoms with Gasteiger partial charge in [-0.1, -0.05) is 30.3 Å². The maximum atomic E-state index is 13.4. The van der Waals surface area contributed by atoms with Gasteiger partial charge in [0.25, 0.3) is 0 Å². The normalized spacial score (nSPS) is 25.2. The maximum absolute atomic E-state index is 13.4. The van der Waals surface area contributed by atoms with Gasteiger partial charge < -0.3 is 20.3 Å². The molecule has 0 spiro atoms. The molecule has 0 aliphatic carbocycles. The number of fused-ring (bicyclic) bond motifs is 3. The van der Waals surface area contributed by atoms with Gasteiger partial charge in [0, 0.05) is 23.7 Å². The zero-order valence-corrected chi connectivity index (χ0v) is 18.7. The van der Waals surface area contributed by atoms with Crippen LogP contribution in [0.2, 0.25) is 0 Å². The minimum atomic E-state index is -4.37. The Kier molecular flexibility index (Phi) is 7.08. The highest BCUT2D eigenvalue weighted by Gasteiger charge is 2.43. The molecule has 0 unspecified atom stereocenters. The molecule has 4 atom stereocenters. The summed E-state index contributed by atoms with van der Waals surface area (Å²) in [6.45, 7) is 2.63. The van der Waals surface area contributed by atoms with Gasteiger partial charge in [-0.2, -0.15) is 13.2 Å². The Morgan fingerprint density at radius 2 is 1.88 bits per heavy atom. The van der Waals surface area contributed by atoms with Crippen LogP contribution in [0, 0.1) is 5.92 Å². The molecule has 174 valence electrons. The molecular formula is C25H32F3N3O. The number of benzene rings is 2. The molecule has 0 aromatic heterocycles. The van der Waals surface area contributed by atoms with Crippen LogP contribution >= 0.6 is 0 Å². The van der Waals surface area contributed by atoms with Gasteiger partial charge in [-0.05, 0) is 70.2 Å². The lowest BCUT2D eigenvalue weighted by Crippen LogP contribution is -2.42. The van der Waals surface area contributed by atoms with Crippen LogP contribution in [0.1, 0.15) is 48.1 Å². The molecule has 7 heteroatoms. The molecule has 32 heavy (non-hydrogen) atoms. The first-order chi connectivity index (χ1) is 15.3. The molecule has 2 aromatic carbocycles. The first kappa shape index (κ1) is 23.1. The summed E-state index contributed by atoms with van der Waals surface area (Å²) in [5.74, 6) is 0.0818. The minimum absolute atomic E-state index is 0.00692. The van der Waals surface area contributed by atoms with Crippen molar-refractivity contribution in [2.45, 2.75) is 43.7 Å². The summed E-state index contributed by atoms with van der Waals surface area (Å²) in [5, 5.41) is 6.97. The predicted molar refractivity (Wildman–Crippen MR) is 121 cm³/mol. The van der Waals surface area contributed by atoms with Crippen LogP contribution in [0.3, 0.4) is 0 Å². The van der Waals surface area contributed by atoms with Gasteiger partial charge in [-0.15, -0.1) is 0 Å². The number of nitrogens with one attached hydrogen (secondary N) is 2. The van der Waals surface area contributed by atoms with Crippen LogP contribution in [-0.4, -0.2) is 44.7 Å². The fraction of sp³-hybridized carbons (Fsp3) is 0.520. The van der Waals surface area contributed by atoms with E-state index in [1.807, 2.05) is 18.2 Å². The first-order valence-corrected chi connectivity index (χ1v) is 11.4. The average molecular weight is 448 g/mol. The van der Waals surface area contributed by atoms with Crippen molar-refractivity contribution < 1.29 is 17.9 Å². The third kappa shape index (κ3) is 5.27. The highest BCUT2D eigenvalue weighted by Crippen LogP contribution is 2.51. The van der Waals surface area contributed by atoms with E-state index >= 15 is 0 Å². The molecule has 1 fully saturated rings. The topological polar surface area (TPSA) is 36.5 Å². The first-order valence-electron chi connectivity index (χ1n) is 11.4. The summed E-state index contributed by atoms with van der Waals surface area (Å²) >= 11 is 0. The Labute approximate surface area is 188 Å². The molecule has 4 nitrogen and oxygen atoms in total. The number of halogens is 3. The second-order valence-electron chi connectivity index (χ2n) is 9.11. The second-order valence-corrected chi connectivity index (χ2v) is 9.11. The molecule has 0 amide bonds. The van der Waals surface area contributed by atoms with E-state index in [-0.39, 0.29) is 24.2 Å². The summed E-state index contributed by atoms with van der Waals surface area (Å²) < 4.78 is 46.7. The molecule has 2 aliphatic heterocycles. The van der Waals surface area contributed by atoms with E-state index < -0.39 is 11.7 Å². The molecule has 2 aliphatic rings. The van der Waals surface area contributed by atoms with Crippen LogP contribution in [0.25, 0.3) is 0 Å². The molecule has 2 N–H and O–H groups in total. The molecule has 0 saturated carbocycles. The Balaban J connectivity index is 1.54. The SMILES string of the molecule is CN(C)CCCNC[C@H]1CC[C@@H]2[C@H](O1)c1cc(C(F)(F)F)ccc1N[C@H]2c1ccccc1. The van der Waals surface area contributed by atoms with Crippen molar-refractivity contribution in [2.24, 2.45) is 5.92 Å². The highest BCUT2D eigenvalue weighted by atomic mass is 19.4. The number of rotatable bonds is 7. The van der Waals surface area contributed by atoms with Gasteiger partial charge in [0.15, 0.2) is 0 Å². The molecule has 1 saturated heterocycles. The van der Waals surface area contributed by atoms with Crippen LogP contribution in [0.5, 0.6) is 0 Å². The van der Waals surface area contributed by atoms with Gasteiger partial charge in [0.1, 0.15) is 0 Å². The Bertz CT molecular complexity index is 888. The lowest BCUT2D eigenvalue weighted by atomic mass is 9.76. The molecule has 2 heterocycles. The minimum Gasteiger partial charge on any atom is -0.378 e. The third-order valence-electron chi connectivity index (χ3n) is 6.46. The Morgan fingerprint density at radius 1 is 1.09 bits per heavy atom. The number of hydrogen-bond donors (Lipinski definition) is 2. The fourth-order valence-electron chi connectivity index (χ4n) is 4.86. The van der Waals surface area contributed by atoms with Crippen LogP contribution in [0.15, 0.2) is 48.5 Å². The lowest BCUT2D eigenvalue weighted by Gasteiger charge is -2.46. The van der Waals surface area contributed by atoms with Crippen LogP contribution in [-0.2, 0) is 10.9 Å². The zero-order valence-electron chi connectivity index (χ0n) is 18.7. The fourth-order valence-corrected chi connectivity index (χ4v) is 4.86. The van der Waals surface area contributed by atoms with Crippen LogP contribution < -0.4 is 10.6 Å². The van der Waals surface area contributed by atoms with Crippen molar-refractivity contribution in [3.63, 3.8) is 0 Å². The lowest BCUT2D eigenvalue weighted by molar-refractivity contribution is -0.138. The van der Waals surface area contributed by atoms with Gasteiger partial charge in [-0.3, -0.25) is 0 Å². The number of hydrogen-bond acceptors (Lipinski definition) is 4. The van der Waals surface area contributed by atoms with E-state index in [1.54, 1.807) is 6.07 Å². The Hall–Kier alpha value is -2.09. The third-order valence-corrected chi connectivity index (χ3v) is 6.46. The van der Waals surface area contributed by atoms with Crippen molar-refractivity contribution in [3.8, 4) is 0 Å². The van der Waals surface area contributed by atoms with Crippen molar-refractivity contribution in [2.75, 3.05) is 39.0 Å². The standard InChI is InChI=1S/C25H32F3N3O/c1-31(2)14-6-13-29-16-19-10-11-20-23(17-7-4-3-5-8-17)30-22-12-9-18(25(26,27)28)15-21(22)24(20)32-19/h3-5,7-9,12,15,19-20,23-24,29-30H,6,10-11,13-14,16H2,1-2H3/t19-,20+,23+,24+/m1/s1. The summed E-state index contributed by atoms with van der Waals surface area (Å²) in [4.78, 5) is 2.15. The second kappa shape index (κ2) is 9.81. The quantitative estimate of drug-likeness (QED) is 0.569. The average Bonchev–Trinajstić information content (AvgIpc) is 2.77. The van der Waals surface area contributed by atoms with E-state index in [4.69, 9.17) is 4.74 Å². The Morgan fingerprint density at radius 3 is 2.59 bits per heavy atom. The summed E-state index contributed by atoms with van der Waals surface area (Å²) in [5.41, 5.74) is 1.86. The van der Waals surface area contributed by atoms with Gasteiger partial charge >= 0.3 is 6.18 Å². The van der Waals surface area contributed by atoms with E-state index in [2.05, 4.69) is 41.8 Å². The van der Waals surface area contributed by atoms with E-state index in [0.717, 1.165) is 49.7 Å². The monoisotopic (exact) mass is 447 g/mol. The van der Waals surface area contributed by atoms with Gasteiger partial charge in [0.2, 0.25) is 0 Å². The molecule has 0 radical (unpaired) electrons. The van der Waals surface area contributed by atoms with Gasteiger partial charge in [0.05, 0.1) is 23.8 Å². The summed E-state index contributed by atoms with van der Waals surface area (Å²) in [6.07, 6.45) is -1.90. The summed E-state index contributed by atoms with van der Waals surface area (Å²) in [6, 6.07) is 14.1. The van der Waals surface area contributed by atoms with Crippen molar-refractivity contribution >= 4 is 5.69 Å². The van der Waals surface area contributed by atoms with Crippen LogP contribution in [0.4, 0.5) is 18.9 Å². The molecule has 0 bridgehead atoms. The van der Waals surface area contributed by atoms with E-state index in [9.17, 15) is 13.2 Å². The van der Waals surface area contributed by atoms with Gasteiger partial charge in [-0.25, -0.2) is 0 Å². The number of nitrogens with zero attached hydrogens (tertiary/aromatic N) is 1. The zero-order chi connectivity index (χ0) is 22.7. The number of alkyl halides is 3. The number of ether oxygens (including phenoxy) is 1. The molecule has 4 rings (SSSR count). The van der Waals surface area contributed by atoms with Crippen molar-refractivity contribution in [3.05, 3.63) is 65.2 Å². The highest BCUT2D eigenvalue weighted by molar-refractivity contribution is 5.58. The van der Waals surface area contributed by atoms with Crippen molar-refractivity contribution in [1.82, 2.24) is 10.2 Å². The van der Waals surface area contributed by atoms with E-state index in [1.165, 1.54) is 6.07 Å². The van der Waals surface area contributed by atoms with E-state index in [0.29, 0.717) is 12.1 Å². The summed E-state index contributed by atoms with van der Waals surface area (Å²) in [7, 11) is 4.11. The molecular weight excluding hydrogens is 415 g/mol.